The highest BCUT2D eigenvalue weighted by molar-refractivity contribution is 6.06. The summed E-state index contributed by atoms with van der Waals surface area (Å²) in [5.41, 5.74) is 3.13. The molecule has 1 spiro atoms. The second-order valence-electron chi connectivity index (χ2n) is 10.8. The van der Waals surface area contributed by atoms with Crippen molar-refractivity contribution < 1.29 is 9.53 Å². The standard InChI is InChI=1S/C28H35N5O2/c1-27(2,3)20-7-9-21(10-8-20)35-18-17-32-14-11-22-23(5-4-6-24(22)32)25(34)33-15-12-28(13-16-33)19-30-26(29)31-28/h4-11,14H,12-13,15-19H2,1-3H3,(H3,29,30,31). The summed E-state index contributed by atoms with van der Waals surface area (Å²) < 4.78 is 8.15. The molecule has 0 aliphatic carbocycles. The van der Waals surface area contributed by atoms with E-state index in [1.807, 2.05) is 41.4 Å². The Morgan fingerprint density at radius 1 is 1.09 bits per heavy atom. The van der Waals surface area contributed by atoms with E-state index in [0.29, 0.717) is 32.2 Å². The van der Waals surface area contributed by atoms with Gasteiger partial charge in [-0.1, -0.05) is 39.0 Å². The summed E-state index contributed by atoms with van der Waals surface area (Å²) in [5.74, 6) is 1.34. The maximum absolute atomic E-state index is 13.4. The van der Waals surface area contributed by atoms with Crippen molar-refractivity contribution in [3.63, 3.8) is 0 Å². The Morgan fingerprint density at radius 2 is 1.83 bits per heavy atom. The number of benzene rings is 2. The molecule has 1 aromatic heterocycles. The number of fused-ring (bicyclic) bond motifs is 1. The predicted octanol–water partition coefficient (Wildman–Crippen LogP) is 4.12. The fourth-order valence-electron chi connectivity index (χ4n) is 5.14. The van der Waals surface area contributed by atoms with Gasteiger partial charge in [-0.3, -0.25) is 10.2 Å². The van der Waals surface area contributed by atoms with E-state index >= 15 is 0 Å². The average molecular weight is 474 g/mol. The molecule has 3 aromatic rings. The lowest BCUT2D eigenvalue weighted by atomic mass is 9.87. The molecule has 2 saturated heterocycles. The van der Waals surface area contributed by atoms with Crippen LogP contribution in [0.2, 0.25) is 0 Å². The van der Waals surface area contributed by atoms with E-state index in [1.165, 1.54) is 5.56 Å². The lowest BCUT2D eigenvalue weighted by molar-refractivity contribution is 0.0671. The molecule has 35 heavy (non-hydrogen) atoms. The Labute approximate surface area is 207 Å². The molecule has 2 fully saturated rings. The van der Waals surface area contributed by atoms with E-state index in [1.54, 1.807) is 0 Å². The van der Waals surface area contributed by atoms with Gasteiger partial charge in [0.2, 0.25) is 0 Å². The minimum absolute atomic E-state index is 0.0828. The zero-order valence-electron chi connectivity index (χ0n) is 20.9. The number of amides is 1. The van der Waals surface area contributed by atoms with Crippen molar-refractivity contribution in [1.82, 2.24) is 20.1 Å². The molecule has 3 heterocycles. The summed E-state index contributed by atoms with van der Waals surface area (Å²) in [6.07, 6.45) is 3.73. The fourth-order valence-corrected chi connectivity index (χ4v) is 5.14. The molecule has 2 aliphatic rings. The van der Waals surface area contributed by atoms with Crippen molar-refractivity contribution in [1.29, 1.82) is 5.41 Å². The summed E-state index contributed by atoms with van der Waals surface area (Å²) in [4.78, 5) is 15.4. The molecule has 0 radical (unpaired) electrons. The summed E-state index contributed by atoms with van der Waals surface area (Å²) in [5, 5.41) is 15.1. The molecule has 2 aromatic carbocycles. The number of hydrogen-bond acceptors (Lipinski definition) is 3. The molecule has 7 nitrogen and oxygen atoms in total. The topological polar surface area (TPSA) is 82.4 Å². The average Bonchev–Trinajstić information content (AvgIpc) is 3.42. The number of carbonyl (C=O) groups excluding carboxylic acids is 1. The Bertz CT molecular complexity index is 1230. The van der Waals surface area contributed by atoms with Gasteiger partial charge in [-0.25, -0.2) is 0 Å². The molecule has 1 amide bonds. The minimum Gasteiger partial charge on any atom is -0.492 e. The smallest absolute Gasteiger partial charge is 0.254 e. The third kappa shape index (κ3) is 4.72. The lowest BCUT2D eigenvalue weighted by Crippen LogP contribution is -2.53. The number of piperidine rings is 1. The molecule has 3 N–H and O–H groups in total. The minimum atomic E-state index is -0.0870. The molecule has 184 valence electrons. The van der Waals surface area contributed by atoms with Gasteiger partial charge in [0, 0.05) is 42.3 Å². The van der Waals surface area contributed by atoms with Gasteiger partial charge in [0.25, 0.3) is 5.91 Å². The van der Waals surface area contributed by atoms with Gasteiger partial charge < -0.3 is 24.8 Å². The zero-order chi connectivity index (χ0) is 24.6. The number of aromatic nitrogens is 1. The number of hydrogen-bond donors (Lipinski definition) is 3. The SMILES string of the molecule is CC(C)(C)c1ccc(OCCn2ccc3c(C(=O)N4CCC5(CC4)CNC(=N)N5)cccc32)cc1. The monoisotopic (exact) mass is 473 g/mol. The van der Waals surface area contributed by atoms with Crippen LogP contribution in [0.4, 0.5) is 0 Å². The normalized spacial score (nSPS) is 17.5. The van der Waals surface area contributed by atoms with Crippen molar-refractivity contribution >= 4 is 22.8 Å². The molecule has 5 rings (SSSR count). The first-order chi connectivity index (χ1) is 16.7. The van der Waals surface area contributed by atoms with E-state index in [4.69, 9.17) is 10.1 Å². The molecule has 7 heteroatoms. The number of carbonyl (C=O) groups is 1. The summed E-state index contributed by atoms with van der Waals surface area (Å²) in [6, 6.07) is 16.3. The first kappa shape index (κ1) is 23.3. The number of guanidine groups is 1. The van der Waals surface area contributed by atoms with Gasteiger partial charge in [-0.15, -0.1) is 0 Å². The maximum atomic E-state index is 13.4. The van der Waals surface area contributed by atoms with Gasteiger partial charge in [0.15, 0.2) is 5.96 Å². The third-order valence-corrected chi connectivity index (χ3v) is 7.37. The van der Waals surface area contributed by atoms with E-state index < -0.39 is 0 Å². The van der Waals surface area contributed by atoms with Crippen LogP contribution in [0.25, 0.3) is 10.9 Å². The van der Waals surface area contributed by atoms with Gasteiger partial charge in [0.05, 0.1) is 12.1 Å². The van der Waals surface area contributed by atoms with Gasteiger partial charge in [0.1, 0.15) is 12.4 Å². The van der Waals surface area contributed by atoms with Crippen LogP contribution in [-0.4, -0.2) is 53.1 Å². The Balaban J connectivity index is 1.23. The molecule has 0 bridgehead atoms. The molecule has 2 aliphatic heterocycles. The van der Waals surface area contributed by atoms with Crippen LogP contribution >= 0.6 is 0 Å². The number of nitrogens with one attached hydrogen (secondary N) is 3. The molecule has 0 saturated carbocycles. The number of ether oxygens (including phenoxy) is 1. The second-order valence-corrected chi connectivity index (χ2v) is 10.8. The van der Waals surface area contributed by atoms with E-state index in [2.05, 4.69) is 54.2 Å². The van der Waals surface area contributed by atoms with E-state index in [0.717, 1.165) is 41.6 Å². The quantitative estimate of drug-likeness (QED) is 0.521. The number of rotatable bonds is 5. The van der Waals surface area contributed by atoms with Crippen molar-refractivity contribution in [2.75, 3.05) is 26.2 Å². The van der Waals surface area contributed by atoms with Crippen LogP contribution in [0, 0.1) is 5.41 Å². The molecular formula is C28H35N5O2. The highest BCUT2D eigenvalue weighted by Gasteiger charge is 2.40. The third-order valence-electron chi connectivity index (χ3n) is 7.37. The van der Waals surface area contributed by atoms with Crippen LogP contribution < -0.4 is 15.4 Å². The Hall–Kier alpha value is -3.48. The largest absolute Gasteiger partial charge is 0.492 e. The van der Waals surface area contributed by atoms with Gasteiger partial charge >= 0.3 is 0 Å². The highest BCUT2D eigenvalue weighted by atomic mass is 16.5. The Kier molecular flexibility index (Phi) is 5.95. The van der Waals surface area contributed by atoms with Gasteiger partial charge in [-0.05, 0) is 54.2 Å². The first-order valence-electron chi connectivity index (χ1n) is 12.5. The van der Waals surface area contributed by atoms with E-state index in [9.17, 15) is 4.79 Å². The van der Waals surface area contributed by atoms with Crippen molar-refractivity contribution in [2.24, 2.45) is 0 Å². The molecule has 0 unspecified atom stereocenters. The van der Waals surface area contributed by atoms with Crippen LogP contribution in [0.3, 0.4) is 0 Å². The molecular weight excluding hydrogens is 438 g/mol. The summed E-state index contributed by atoms with van der Waals surface area (Å²) >= 11 is 0. The van der Waals surface area contributed by atoms with Gasteiger partial charge in [-0.2, -0.15) is 0 Å². The van der Waals surface area contributed by atoms with Crippen molar-refractivity contribution in [3.05, 3.63) is 65.9 Å². The van der Waals surface area contributed by atoms with Crippen LogP contribution in [0.1, 0.15) is 49.5 Å². The predicted molar refractivity (Wildman–Crippen MR) is 139 cm³/mol. The number of nitrogens with zero attached hydrogens (tertiary/aromatic N) is 2. The first-order valence-corrected chi connectivity index (χ1v) is 12.5. The number of likely N-dealkylation sites (tertiary alicyclic amines) is 1. The van der Waals surface area contributed by atoms with Crippen LogP contribution in [-0.2, 0) is 12.0 Å². The molecule has 0 atom stereocenters. The Morgan fingerprint density at radius 3 is 2.49 bits per heavy atom. The zero-order valence-corrected chi connectivity index (χ0v) is 20.9. The lowest BCUT2D eigenvalue weighted by Gasteiger charge is -2.38. The van der Waals surface area contributed by atoms with Crippen LogP contribution in [0.15, 0.2) is 54.7 Å². The summed E-state index contributed by atoms with van der Waals surface area (Å²) in [7, 11) is 0. The fraction of sp³-hybridized carbons (Fsp3) is 0.429. The summed E-state index contributed by atoms with van der Waals surface area (Å²) in [6.45, 7) is 10.0. The highest BCUT2D eigenvalue weighted by Crippen LogP contribution is 2.28. The second kappa shape index (κ2) is 8.95. The maximum Gasteiger partial charge on any atom is 0.254 e. The van der Waals surface area contributed by atoms with E-state index in [-0.39, 0.29) is 16.9 Å². The van der Waals surface area contributed by atoms with Crippen LogP contribution in [0.5, 0.6) is 5.75 Å². The van der Waals surface area contributed by atoms with Crippen molar-refractivity contribution in [3.8, 4) is 5.75 Å². The van der Waals surface area contributed by atoms with Crippen molar-refractivity contribution in [2.45, 2.75) is 51.1 Å².